The highest BCUT2D eigenvalue weighted by Crippen LogP contribution is 2.09. The van der Waals surface area contributed by atoms with E-state index in [4.69, 9.17) is 10.00 Å². The van der Waals surface area contributed by atoms with E-state index < -0.39 is 0 Å². The van der Waals surface area contributed by atoms with Crippen LogP contribution in [0.3, 0.4) is 0 Å². The molecule has 0 aromatic heterocycles. The van der Waals surface area contributed by atoms with Crippen molar-refractivity contribution in [3.63, 3.8) is 0 Å². The summed E-state index contributed by atoms with van der Waals surface area (Å²) in [7, 11) is 0. The number of hydrogen-bond donors (Lipinski definition) is 0. The van der Waals surface area contributed by atoms with E-state index in [1.807, 2.05) is 6.92 Å². The highest BCUT2D eigenvalue weighted by atomic mass is 16.5. The minimum absolute atomic E-state index is 0.0547. The lowest BCUT2D eigenvalue weighted by molar-refractivity contribution is -0.143. The minimum atomic E-state index is -0.0547. The molecule has 17 heavy (non-hydrogen) atoms. The van der Waals surface area contributed by atoms with Crippen LogP contribution >= 0.6 is 0 Å². The zero-order chi connectivity index (χ0) is 12.8. The summed E-state index contributed by atoms with van der Waals surface area (Å²) in [6, 6.07) is 2.16. The van der Waals surface area contributed by atoms with Gasteiger partial charge >= 0.3 is 5.97 Å². The predicted molar refractivity (Wildman–Crippen MR) is 68.4 cm³/mol. The third-order valence-corrected chi connectivity index (χ3v) is 2.64. The fraction of sp³-hybridized carbons (Fsp3) is 0.857. The molecule has 3 heteroatoms. The zero-order valence-electron chi connectivity index (χ0n) is 11.0. The average Bonchev–Trinajstić information content (AvgIpc) is 2.34. The van der Waals surface area contributed by atoms with Crippen molar-refractivity contribution in [1.82, 2.24) is 0 Å². The molecule has 0 bridgehead atoms. The van der Waals surface area contributed by atoms with Gasteiger partial charge in [0.15, 0.2) is 0 Å². The Labute approximate surface area is 105 Å². The molecule has 0 amide bonds. The van der Waals surface area contributed by atoms with E-state index in [-0.39, 0.29) is 5.97 Å². The first kappa shape index (κ1) is 16.0. The molecule has 0 fully saturated rings. The number of rotatable bonds is 11. The van der Waals surface area contributed by atoms with Gasteiger partial charge in [-0.2, -0.15) is 5.26 Å². The third kappa shape index (κ3) is 12.9. The maximum atomic E-state index is 11.2. The Morgan fingerprint density at radius 3 is 2.24 bits per heavy atom. The zero-order valence-corrected chi connectivity index (χ0v) is 11.0. The number of carbonyl (C=O) groups excluding carboxylic acids is 1. The van der Waals surface area contributed by atoms with Crippen LogP contribution in [-0.2, 0) is 9.53 Å². The van der Waals surface area contributed by atoms with E-state index in [0.29, 0.717) is 19.4 Å². The molecular weight excluding hydrogens is 214 g/mol. The summed E-state index contributed by atoms with van der Waals surface area (Å²) in [5.41, 5.74) is 0. The summed E-state index contributed by atoms with van der Waals surface area (Å²) in [4.78, 5) is 11.2. The Kier molecular flexibility index (Phi) is 12.2. The van der Waals surface area contributed by atoms with Crippen molar-refractivity contribution in [1.29, 1.82) is 5.26 Å². The number of nitrogens with zero attached hydrogens (tertiary/aromatic N) is 1. The molecule has 0 aliphatic heterocycles. The monoisotopic (exact) mass is 239 g/mol. The molecule has 98 valence electrons. The third-order valence-electron chi connectivity index (χ3n) is 2.64. The van der Waals surface area contributed by atoms with E-state index in [1.54, 1.807) is 0 Å². The van der Waals surface area contributed by atoms with Crippen LogP contribution in [0.25, 0.3) is 0 Å². The van der Waals surface area contributed by atoms with Crippen LogP contribution in [-0.4, -0.2) is 12.6 Å². The van der Waals surface area contributed by atoms with E-state index in [2.05, 4.69) is 6.07 Å². The molecule has 0 aliphatic rings. The van der Waals surface area contributed by atoms with E-state index in [9.17, 15) is 4.79 Å². The van der Waals surface area contributed by atoms with Gasteiger partial charge in [-0.3, -0.25) is 4.79 Å². The first-order chi connectivity index (χ1) is 8.31. The fourth-order valence-corrected chi connectivity index (χ4v) is 1.65. The van der Waals surface area contributed by atoms with Crippen molar-refractivity contribution >= 4 is 5.97 Å². The first-order valence-electron chi connectivity index (χ1n) is 6.83. The van der Waals surface area contributed by atoms with Crippen molar-refractivity contribution in [3.8, 4) is 6.07 Å². The van der Waals surface area contributed by atoms with Crippen molar-refractivity contribution in [3.05, 3.63) is 0 Å². The van der Waals surface area contributed by atoms with Crippen LogP contribution in [0.1, 0.15) is 71.1 Å². The molecule has 0 radical (unpaired) electrons. The second-order valence-electron chi connectivity index (χ2n) is 4.35. The van der Waals surface area contributed by atoms with Crippen LogP contribution in [0.2, 0.25) is 0 Å². The molecule has 0 aromatic rings. The smallest absolute Gasteiger partial charge is 0.305 e. The van der Waals surface area contributed by atoms with Gasteiger partial charge in [-0.05, 0) is 19.3 Å². The number of nitriles is 1. The molecule has 0 aromatic carbocycles. The van der Waals surface area contributed by atoms with E-state index in [1.165, 1.54) is 19.3 Å². The standard InChI is InChI=1S/C14H25NO2/c1-2-13-17-14(16)11-9-7-5-3-4-6-8-10-12-15/h2-11,13H2,1H3. The van der Waals surface area contributed by atoms with Gasteiger partial charge in [-0.1, -0.05) is 39.0 Å². The highest BCUT2D eigenvalue weighted by Gasteiger charge is 2.01. The number of unbranched alkanes of at least 4 members (excludes halogenated alkanes) is 7. The van der Waals surface area contributed by atoms with Crippen molar-refractivity contribution < 1.29 is 9.53 Å². The molecule has 0 rings (SSSR count). The topological polar surface area (TPSA) is 50.1 Å². The fourth-order valence-electron chi connectivity index (χ4n) is 1.65. The molecule has 0 saturated carbocycles. The van der Waals surface area contributed by atoms with Gasteiger partial charge in [0.25, 0.3) is 0 Å². The number of ether oxygens (including phenoxy) is 1. The van der Waals surface area contributed by atoms with Crippen LogP contribution in [0.15, 0.2) is 0 Å². The molecule has 0 unspecified atom stereocenters. The molecule has 0 atom stereocenters. The second kappa shape index (κ2) is 13.0. The van der Waals surface area contributed by atoms with Crippen LogP contribution < -0.4 is 0 Å². The maximum Gasteiger partial charge on any atom is 0.305 e. The van der Waals surface area contributed by atoms with Crippen molar-refractivity contribution in [2.45, 2.75) is 71.1 Å². The normalized spacial score (nSPS) is 9.88. The van der Waals surface area contributed by atoms with Crippen LogP contribution in [0, 0.1) is 11.3 Å². The van der Waals surface area contributed by atoms with Gasteiger partial charge in [0, 0.05) is 12.8 Å². The van der Waals surface area contributed by atoms with Gasteiger partial charge in [-0.15, -0.1) is 0 Å². The minimum Gasteiger partial charge on any atom is -0.466 e. The van der Waals surface area contributed by atoms with Gasteiger partial charge < -0.3 is 4.74 Å². The quantitative estimate of drug-likeness (QED) is 0.405. The number of carbonyl (C=O) groups is 1. The molecular formula is C14H25NO2. The summed E-state index contributed by atoms with van der Waals surface area (Å²) in [6.07, 6.45) is 10.0. The van der Waals surface area contributed by atoms with Gasteiger partial charge in [0.05, 0.1) is 12.7 Å². The first-order valence-corrected chi connectivity index (χ1v) is 6.83. The Balaban J connectivity index is 3.08. The lowest BCUT2D eigenvalue weighted by atomic mass is 10.1. The molecule has 3 nitrogen and oxygen atoms in total. The van der Waals surface area contributed by atoms with Crippen LogP contribution in [0.4, 0.5) is 0 Å². The molecule has 0 aliphatic carbocycles. The van der Waals surface area contributed by atoms with E-state index >= 15 is 0 Å². The molecule has 0 heterocycles. The lowest BCUT2D eigenvalue weighted by Crippen LogP contribution is -2.04. The average molecular weight is 239 g/mol. The number of esters is 1. The van der Waals surface area contributed by atoms with Crippen LogP contribution in [0.5, 0.6) is 0 Å². The Morgan fingerprint density at radius 1 is 1.06 bits per heavy atom. The van der Waals surface area contributed by atoms with Crippen molar-refractivity contribution in [2.24, 2.45) is 0 Å². The highest BCUT2D eigenvalue weighted by molar-refractivity contribution is 5.69. The summed E-state index contributed by atoms with van der Waals surface area (Å²) < 4.78 is 4.99. The molecule has 0 saturated heterocycles. The number of hydrogen-bond acceptors (Lipinski definition) is 3. The lowest BCUT2D eigenvalue weighted by Gasteiger charge is -2.03. The largest absolute Gasteiger partial charge is 0.466 e. The van der Waals surface area contributed by atoms with E-state index in [0.717, 1.165) is 32.1 Å². The van der Waals surface area contributed by atoms with Crippen molar-refractivity contribution in [2.75, 3.05) is 6.61 Å². The van der Waals surface area contributed by atoms with Gasteiger partial charge in [0.1, 0.15) is 0 Å². The summed E-state index contributed by atoms with van der Waals surface area (Å²) in [5.74, 6) is -0.0547. The molecule has 0 N–H and O–H groups in total. The summed E-state index contributed by atoms with van der Waals surface area (Å²) >= 11 is 0. The maximum absolute atomic E-state index is 11.2. The summed E-state index contributed by atoms with van der Waals surface area (Å²) in [6.45, 7) is 2.55. The Hall–Kier alpha value is -1.04. The Bertz CT molecular complexity index is 221. The SMILES string of the molecule is CCCOC(=O)CCCCCCCCCC#N. The predicted octanol–water partition coefficient (Wildman–Crippen LogP) is 3.97. The molecule has 0 spiro atoms. The Morgan fingerprint density at radius 2 is 1.65 bits per heavy atom. The summed E-state index contributed by atoms with van der Waals surface area (Å²) in [5, 5.41) is 8.36. The van der Waals surface area contributed by atoms with Gasteiger partial charge in [-0.25, -0.2) is 0 Å². The van der Waals surface area contributed by atoms with Gasteiger partial charge in [0.2, 0.25) is 0 Å². The second-order valence-corrected chi connectivity index (χ2v) is 4.35.